The number of carbonyl (C=O) groups is 1. The first-order valence-corrected chi connectivity index (χ1v) is 10.6. The molecular weight excluding hydrogens is 404 g/mol. The van der Waals surface area contributed by atoms with E-state index < -0.39 is 0 Å². The molecule has 0 aliphatic carbocycles. The standard InChI is InChI=1S/C26H24N2O4/c1-15-18(6-4-7-20(15)25-16(2)31-26-22(25)8-5-11-27-26)13-28-19-9-10-21-23(12-19)30-14-24(21)32-17(3)29/h4-12,24,28H,13-14H2,1-3H3/t24-/m1/s1. The van der Waals surface area contributed by atoms with Crippen LogP contribution in [0, 0.1) is 13.8 Å². The van der Waals surface area contributed by atoms with E-state index in [2.05, 4.69) is 35.4 Å². The highest BCUT2D eigenvalue weighted by molar-refractivity contribution is 5.94. The normalized spacial score (nSPS) is 14.8. The van der Waals surface area contributed by atoms with Gasteiger partial charge in [-0.3, -0.25) is 4.79 Å². The maximum Gasteiger partial charge on any atom is 0.303 e. The quantitative estimate of drug-likeness (QED) is 0.410. The summed E-state index contributed by atoms with van der Waals surface area (Å²) in [6, 6.07) is 16.2. The highest BCUT2D eigenvalue weighted by Gasteiger charge is 2.26. The van der Waals surface area contributed by atoms with Crippen molar-refractivity contribution < 1.29 is 18.7 Å². The number of hydrogen-bond donors (Lipinski definition) is 1. The molecule has 5 rings (SSSR count). The van der Waals surface area contributed by atoms with Crippen LogP contribution in [0.25, 0.3) is 22.2 Å². The third-order valence-electron chi connectivity index (χ3n) is 5.90. The second-order valence-electron chi connectivity index (χ2n) is 7.99. The third kappa shape index (κ3) is 3.58. The zero-order valence-corrected chi connectivity index (χ0v) is 18.3. The van der Waals surface area contributed by atoms with Crippen molar-refractivity contribution in [1.29, 1.82) is 0 Å². The Labute approximate surface area is 186 Å². The summed E-state index contributed by atoms with van der Waals surface area (Å²) in [5.74, 6) is 1.31. The van der Waals surface area contributed by atoms with Gasteiger partial charge in [0.1, 0.15) is 18.1 Å². The number of fused-ring (bicyclic) bond motifs is 2. The molecule has 2 aromatic carbocycles. The largest absolute Gasteiger partial charge is 0.489 e. The first-order valence-electron chi connectivity index (χ1n) is 10.6. The molecule has 3 heterocycles. The molecule has 1 aliphatic rings. The lowest BCUT2D eigenvalue weighted by atomic mass is 9.95. The van der Waals surface area contributed by atoms with Crippen LogP contribution >= 0.6 is 0 Å². The number of aryl methyl sites for hydroxylation is 1. The Bertz CT molecular complexity index is 1320. The molecule has 0 unspecified atom stereocenters. The molecule has 6 nitrogen and oxygen atoms in total. The number of anilines is 1. The van der Waals surface area contributed by atoms with Crippen molar-refractivity contribution in [3.63, 3.8) is 0 Å². The van der Waals surface area contributed by atoms with Gasteiger partial charge in [-0.15, -0.1) is 0 Å². The summed E-state index contributed by atoms with van der Waals surface area (Å²) in [6.45, 7) is 6.55. The number of rotatable bonds is 5. The second kappa shape index (κ2) is 8.04. The maximum absolute atomic E-state index is 11.3. The van der Waals surface area contributed by atoms with Crippen LogP contribution in [-0.4, -0.2) is 17.6 Å². The summed E-state index contributed by atoms with van der Waals surface area (Å²) in [7, 11) is 0. The number of nitrogens with one attached hydrogen (secondary N) is 1. The van der Waals surface area contributed by atoms with Gasteiger partial charge in [-0.25, -0.2) is 4.98 Å². The lowest BCUT2D eigenvalue weighted by Crippen LogP contribution is -2.09. The van der Waals surface area contributed by atoms with Gasteiger partial charge in [-0.05, 0) is 54.8 Å². The van der Waals surface area contributed by atoms with E-state index in [4.69, 9.17) is 13.9 Å². The first kappa shape index (κ1) is 20.1. The lowest BCUT2D eigenvalue weighted by molar-refractivity contribution is -0.147. The summed E-state index contributed by atoms with van der Waals surface area (Å²) in [4.78, 5) is 15.6. The van der Waals surface area contributed by atoms with Gasteiger partial charge in [0.25, 0.3) is 0 Å². The number of ether oxygens (including phenoxy) is 2. The van der Waals surface area contributed by atoms with Crippen LogP contribution in [0.1, 0.15) is 35.5 Å². The Morgan fingerprint density at radius 1 is 1.19 bits per heavy atom. The van der Waals surface area contributed by atoms with Crippen LogP contribution in [0.15, 0.2) is 59.1 Å². The van der Waals surface area contributed by atoms with Crippen LogP contribution < -0.4 is 10.1 Å². The number of carbonyl (C=O) groups excluding carboxylic acids is 1. The van der Waals surface area contributed by atoms with E-state index in [1.165, 1.54) is 18.1 Å². The number of pyridine rings is 1. The van der Waals surface area contributed by atoms with Crippen molar-refractivity contribution in [2.24, 2.45) is 0 Å². The molecule has 1 aliphatic heterocycles. The first-order chi connectivity index (χ1) is 15.5. The summed E-state index contributed by atoms with van der Waals surface area (Å²) >= 11 is 0. The Hall–Kier alpha value is -3.80. The van der Waals surface area contributed by atoms with Crippen molar-refractivity contribution in [3.8, 4) is 16.9 Å². The van der Waals surface area contributed by atoms with Crippen LogP contribution in [0.3, 0.4) is 0 Å². The smallest absolute Gasteiger partial charge is 0.303 e. The zero-order chi connectivity index (χ0) is 22.2. The Balaban J connectivity index is 1.39. The number of benzene rings is 2. The van der Waals surface area contributed by atoms with Crippen molar-refractivity contribution in [3.05, 3.63) is 77.2 Å². The van der Waals surface area contributed by atoms with Crippen molar-refractivity contribution >= 4 is 22.8 Å². The van der Waals surface area contributed by atoms with E-state index in [0.29, 0.717) is 18.9 Å². The van der Waals surface area contributed by atoms with Gasteiger partial charge in [-0.2, -0.15) is 0 Å². The fourth-order valence-electron chi connectivity index (χ4n) is 4.31. The van der Waals surface area contributed by atoms with Gasteiger partial charge in [0.2, 0.25) is 5.71 Å². The van der Waals surface area contributed by atoms with E-state index in [0.717, 1.165) is 39.3 Å². The molecule has 1 atom stereocenters. The molecule has 0 radical (unpaired) electrons. The predicted molar refractivity (Wildman–Crippen MR) is 123 cm³/mol. The van der Waals surface area contributed by atoms with Crippen LogP contribution in [0.5, 0.6) is 5.75 Å². The van der Waals surface area contributed by atoms with Gasteiger partial charge in [0.15, 0.2) is 6.10 Å². The second-order valence-corrected chi connectivity index (χ2v) is 7.99. The average Bonchev–Trinajstić information content (AvgIpc) is 3.32. The Kier molecular flexibility index (Phi) is 5.05. The minimum absolute atomic E-state index is 0.305. The molecule has 0 bridgehead atoms. The van der Waals surface area contributed by atoms with Gasteiger partial charge in [0, 0.05) is 47.9 Å². The van der Waals surface area contributed by atoms with E-state index in [1.807, 2.05) is 37.3 Å². The molecule has 0 fully saturated rings. The molecule has 0 saturated carbocycles. The number of hydrogen-bond acceptors (Lipinski definition) is 6. The number of furan rings is 1. The van der Waals surface area contributed by atoms with Crippen LogP contribution in [0.4, 0.5) is 5.69 Å². The van der Waals surface area contributed by atoms with E-state index in [-0.39, 0.29) is 12.1 Å². The molecule has 2 aromatic heterocycles. The van der Waals surface area contributed by atoms with Crippen LogP contribution in [0.2, 0.25) is 0 Å². The van der Waals surface area contributed by atoms with E-state index >= 15 is 0 Å². The maximum atomic E-state index is 11.3. The van der Waals surface area contributed by atoms with E-state index in [9.17, 15) is 4.79 Å². The predicted octanol–water partition coefficient (Wildman–Crippen LogP) is 5.72. The summed E-state index contributed by atoms with van der Waals surface area (Å²) < 4.78 is 16.9. The molecular formula is C26H24N2O4. The lowest BCUT2D eigenvalue weighted by Gasteiger charge is -2.14. The van der Waals surface area contributed by atoms with Gasteiger partial charge in [-0.1, -0.05) is 18.2 Å². The highest BCUT2D eigenvalue weighted by atomic mass is 16.6. The molecule has 0 spiro atoms. The minimum Gasteiger partial charge on any atom is -0.489 e. The van der Waals surface area contributed by atoms with Gasteiger partial charge >= 0.3 is 5.97 Å². The minimum atomic E-state index is -0.335. The Morgan fingerprint density at radius 3 is 2.91 bits per heavy atom. The third-order valence-corrected chi connectivity index (χ3v) is 5.90. The van der Waals surface area contributed by atoms with Gasteiger partial charge in [0.05, 0.1) is 0 Å². The molecule has 162 valence electrons. The molecule has 1 N–H and O–H groups in total. The van der Waals surface area contributed by atoms with Crippen molar-refractivity contribution in [1.82, 2.24) is 4.98 Å². The van der Waals surface area contributed by atoms with Crippen molar-refractivity contribution in [2.75, 3.05) is 11.9 Å². The molecule has 0 saturated heterocycles. The molecule has 4 aromatic rings. The van der Waals surface area contributed by atoms with E-state index in [1.54, 1.807) is 6.20 Å². The fraction of sp³-hybridized carbons (Fsp3) is 0.231. The SMILES string of the molecule is CC(=O)O[C@@H]1COc2cc(NCc3cccc(-c4c(C)oc5ncccc45)c3C)ccc21. The van der Waals surface area contributed by atoms with Crippen LogP contribution in [-0.2, 0) is 16.1 Å². The molecule has 6 heteroatoms. The highest BCUT2D eigenvalue weighted by Crippen LogP contribution is 2.38. The molecule has 32 heavy (non-hydrogen) atoms. The summed E-state index contributed by atoms with van der Waals surface area (Å²) in [5.41, 5.74) is 7.14. The zero-order valence-electron chi connectivity index (χ0n) is 18.3. The number of aromatic nitrogens is 1. The fourth-order valence-corrected chi connectivity index (χ4v) is 4.31. The Morgan fingerprint density at radius 2 is 2.06 bits per heavy atom. The monoisotopic (exact) mass is 428 g/mol. The van der Waals surface area contributed by atoms with Gasteiger partial charge < -0.3 is 19.2 Å². The number of esters is 1. The molecule has 0 amide bonds. The number of nitrogens with zero attached hydrogens (tertiary/aromatic N) is 1. The average molecular weight is 428 g/mol. The summed E-state index contributed by atoms with van der Waals surface area (Å²) in [5, 5.41) is 4.51. The topological polar surface area (TPSA) is 73.6 Å². The summed E-state index contributed by atoms with van der Waals surface area (Å²) in [6.07, 6.45) is 1.41. The van der Waals surface area contributed by atoms with Crippen molar-refractivity contribution in [2.45, 2.75) is 33.4 Å².